The smallest absolute Gasteiger partial charge is 0.244 e. The zero-order valence-electron chi connectivity index (χ0n) is 13.3. The number of rotatable bonds is 3. The molecule has 114 valence electrons. The van der Waals surface area contributed by atoms with Crippen molar-refractivity contribution in [1.82, 2.24) is 10.2 Å². The van der Waals surface area contributed by atoms with Crippen LogP contribution in [0.2, 0.25) is 0 Å². The first kappa shape index (κ1) is 14.4. The highest BCUT2D eigenvalue weighted by molar-refractivity contribution is 5.92. The number of hydrogen-bond acceptors (Lipinski definition) is 3. The Morgan fingerprint density at radius 3 is 2.67 bits per heavy atom. The third kappa shape index (κ3) is 2.64. The van der Waals surface area contributed by atoms with Gasteiger partial charge in [0.2, 0.25) is 5.91 Å². The number of carbonyl (C=O) groups excluding carboxylic acids is 1. The number of benzene rings is 1. The standard InChI is InChI=1S/C17H24N2O2/c1-16(2,3)11-19-14(18-17(8-9-17)15(19)20)12-6-5-7-13(10-12)21-4/h5-7,10,14,18H,8-9,11H2,1-4H3. The highest BCUT2D eigenvalue weighted by Crippen LogP contribution is 2.46. The average molecular weight is 288 g/mol. The van der Waals surface area contributed by atoms with Crippen molar-refractivity contribution in [1.29, 1.82) is 0 Å². The minimum absolute atomic E-state index is 0.0469. The van der Waals surface area contributed by atoms with Crippen LogP contribution in [0.25, 0.3) is 0 Å². The van der Waals surface area contributed by atoms with Crippen LogP contribution in [-0.4, -0.2) is 30.0 Å². The molecule has 4 nitrogen and oxygen atoms in total. The summed E-state index contributed by atoms with van der Waals surface area (Å²) in [7, 11) is 1.67. The molecule has 1 aliphatic heterocycles. The minimum Gasteiger partial charge on any atom is -0.497 e. The van der Waals surface area contributed by atoms with Crippen LogP contribution in [0, 0.1) is 5.41 Å². The van der Waals surface area contributed by atoms with Crippen molar-refractivity contribution < 1.29 is 9.53 Å². The second-order valence-electron chi connectivity index (χ2n) is 7.40. The van der Waals surface area contributed by atoms with E-state index in [4.69, 9.17) is 4.74 Å². The van der Waals surface area contributed by atoms with E-state index < -0.39 is 0 Å². The SMILES string of the molecule is COc1cccc(C2NC3(CC3)C(=O)N2CC(C)(C)C)c1. The van der Waals surface area contributed by atoms with Gasteiger partial charge in [0.15, 0.2) is 0 Å². The lowest BCUT2D eigenvalue weighted by molar-refractivity contribution is -0.132. The van der Waals surface area contributed by atoms with Crippen LogP contribution in [0.5, 0.6) is 5.75 Å². The Kier molecular flexibility index (Phi) is 3.24. The summed E-state index contributed by atoms with van der Waals surface area (Å²) in [6.45, 7) is 7.25. The van der Waals surface area contributed by atoms with E-state index in [-0.39, 0.29) is 23.0 Å². The zero-order valence-corrected chi connectivity index (χ0v) is 13.3. The van der Waals surface area contributed by atoms with Gasteiger partial charge in [0.25, 0.3) is 0 Å². The van der Waals surface area contributed by atoms with E-state index in [1.54, 1.807) is 7.11 Å². The molecule has 1 amide bonds. The average Bonchev–Trinajstić information content (AvgIpc) is 3.17. The summed E-state index contributed by atoms with van der Waals surface area (Å²) >= 11 is 0. The van der Waals surface area contributed by atoms with Gasteiger partial charge in [0.1, 0.15) is 17.5 Å². The first-order valence-corrected chi connectivity index (χ1v) is 7.57. The van der Waals surface area contributed by atoms with Gasteiger partial charge in [-0.25, -0.2) is 0 Å². The summed E-state index contributed by atoms with van der Waals surface area (Å²) in [5.41, 5.74) is 0.879. The summed E-state index contributed by atoms with van der Waals surface area (Å²) in [6.07, 6.45) is 1.86. The molecule has 1 aromatic rings. The lowest BCUT2D eigenvalue weighted by Gasteiger charge is -2.31. The van der Waals surface area contributed by atoms with E-state index in [0.29, 0.717) is 0 Å². The van der Waals surface area contributed by atoms with Gasteiger partial charge in [0.05, 0.1) is 7.11 Å². The number of hydrogen-bond donors (Lipinski definition) is 1. The van der Waals surface area contributed by atoms with E-state index in [9.17, 15) is 4.79 Å². The number of methoxy groups -OCH3 is 1. The molecule has 4 heteroatoms. The van der Waals surface area contributed by atoms with Crippen LogP contribution in [0.4, 0.5) is 0 Å². The van der Waals surface area contributed by atoms with E-state index in [1.807, 2.05) is 23.1 Å². The normalized spacial score (nSPS) is 23.7. The molecule has 1 saturated carbocycles. The van der Waals surface area contributed by atoms with Crippen molar-refractivity contribution in [2.45, 2.75) is 45.3 Å². The maximum absolute atomic E-state index is 12.7. The largest absolute Gasteiger partial charge is 0.497 e. The summed E-state index contributed by atoms with van der Waals surface area (Å²) in [4.78, 5) is 14.7. The molecule has 1 spiro atoms. The van der Waals surface area contributed by atoms with Gasteiger partial charge in [0, 0.05) is 6.54 Å². The molecule has 1 aliphatic carbocycles. The highest BCUT2D eigenvalue weighted by atomic mass is 16.5. The van der Waals surface area contributed by atoms with Crippen LogP contribution in [0.15, 0.2) is 24.3 Å². The van der Waals surface area contributed by atoms with Crippen molar-refractivity contribution in [3.8, 4) is 5.75 Å². The predicted molar refractivity (Wildman–Crippen MR) is 82.0 cm³/mol. The van der Waals surface area contributed by atoms with Crippen LogP contribution in [0.1, 0.15) is 45.3 Å². The molecule has 1 atom stereocenters. The molecular formula is C17H24N2O2. The quantitative estimate of drug-likeness (QED) is 0.930. The van der Waals surface area contributed by atoms with Gasteiger partial charge < -0.3 is 9.64 Å². The summed E-state index contributed by atoms with van der Waals surface area (Å²) in [6, 6.07) is 7.99. The van der Waals surface area contributed by atoms with Gasteiger partial charge in [-0.2, -0.15) is 0 Å². The molecule has 0 aromatic heterocycles. The van der Waals surface area contributed by atoms with Crippen LogP contribution in [0.3, 0.4) is 0 Å². The molecule has 1 saturated heterocycles. The Morgan fingerprint density at radius 2 is 2.10 bits per heavy atom. The first-order valence-electron chi connectivity index (χ1n) is 7.57. The van der Waals surface area contributed by atoms with Crippen molar-refractivity contribution in [3.05, 3.63) is 29.8 Å². The predicted octanol–water partition coefficient (Wildman–Crippen LogP) is 2.70. The fourth-order valence-corrected chi connectivity index (χ4v) is 3.03. The van der Waals surface area contributed by atoms with Gasteiger partial charge in [-0.3, -0.25) is 10.1 Å². The van der Waals surface area contributed by atoms with E-state index in [0.717, 1.165) is 30.7 Å². The molecule has 1 N–H and O–H groups in total. The minimum atomic E-state index is -0.293. The lowest BCUT2D eigenvalue weighted by Crippen LogP contribution is -2.38. The molecule has 21 heavy (non-hydrogen) atoms. The van der Waals surface area contributed by atoms with Crippen molar-refractivity contribution in [3.63, 3.8) is 0 Å². The number of nitrogens with one attached hydrogen (secondary N) is 1. The molecule has 0 radical (unpaired) electrons. The zero-order chi connectivity index (χ0) is 15.3. The maximum Gasteiger partial charge on any atom is 0.244 e. The van der Waals surface area contributed by atoms with Crippen molar-refractivity contribution in [2.75, 3.05) is 13.7 Å². The van der Waals surface area contributed by atoms with Crippen molar-refractivity contribution >= 4 is 5.91 Å². The highest BCUT2D eigenvalue weighted by Gasteiger charge is 2.59. The van der Waals surface area contributed by atoms with E-state index in [2.05, 4.69) is 32.2 Å². The van der Waals surface area contributed by atoms with Gasteiger partial charge in [-0.15, -0.1) is 0 Å². The van der Waals surface area contributed by atoms with E-state index >= 15 is 0 Å². The second kappa shape index (κ2) is 4.73. The summed E-state index contributed by atoms with van der Waals surface area (Å²) in [5.74, 6) is 1.08. The number of carbonyl (C=O) groups is 1. The Labute approximate surface area is 126 Å². The third-order valence-corrected chi connectivity index (χ3v) is 4.20. The lowest BCUT2D eigenvalue weighted by atomic mass is 9.95. The topological polar surface area (TPSA) is 41.6 Å². The third-order valence-electron chi connectivity index (χ3n) is 4.20. The summed E-state index contributed by atoms with van der Waals surface area (Å²) < 4.78 is 5.31. The van der Waals surface area contributed by atoms with Crippen LogP contribution in [-0.2, 0) is 4.79 Å². The summed E-state index contributed by atoms with van der Waals surface area (Å²) in [5, 5.41) is 3.55. The number of amides is 1. The van der Waals surface area contributed by atoms with Gasteiger partial charge in [-0.05, 0) is 36.0 Å². The van der Waals surface area contributed by atoms with Crippen LogP contribution < -0.4 is 10.1 Å². The monoisotopic (exact) mass is 288 g/mol. The Balaban J connectivity index is 1.92. The fraction of sp³-hybridized carbons (Fsp3) is 0.588. The fourth-order valence-electron chi connectivity index (χ4n) is 3.03. The second-order valence-corrected chi connectivity index (χ2v) is 7.40. The number of ether oxygens (including phenoxy) is 1. The molecule has 1 heterocycles. The molecule has 3 rings (SSSR count). The van der Waals surface area contributed by atoms with Gasteiger partial charge in [-0.1, -0.05) is 32.9 Å². The molecule has 2 aliphatic rings. The van der Waals surface area contributed by atoms with Crippen molar-refractivity contribution in [2.24, 2.45) is 5.41 Å². The molecular weight excluding hydrogens is 264 g/mol. The number of nitrogens with zero attached hydrogens (tertiary/aromatic N) is 1. The molecule has 1 unspecified atom stereocenters. The van der Waals surface area contributed by atoms with E-state index in [1.165, 1.54) is 0 Å². The Morgan fingerprint density at radius 1 is 1.38 bits per heavy atom. The van der Waals surface area contributed by atoms with Gasteiger partial charge >= 0.3 is 0 Å². The molecule has 1 aromatic carbocycles. The maximum atomic E-state index is 12.7. The Hall–Kier alpha value is -1.55. The first-order chi connectivity index (χ1) is 9.85. The van der Waals surface area contributed by atoms with Crippen LogP contribution >= 0.6 is 0 Å². The molecule has 2 fully saturated rings. The Bertz CT molecular complexity index is 558. The molecule has 0 bridgehead atoms.